The molecule has 94 valence electrons. The van der Waals surface area contributed by atoms with Crippen LogP contribution in [-0.2, 0) is 5.88 Å². The zero-order chi connectivity index (χ0) is 13.0. The van der Waals surface area contributed by atoms with Crippen LogP contribution in [0.2, 0.25) is 0 Å². The van der Waals surface area contributed by atoms with Crippen LogP contribution in [0.15, 0.2) is 36.4 Å². The van der Waals surface area contributed by atoms with Crippen molar-refractivity contribution in [1.82, 2.24) is 4.98 Å². The first-order valence-corrected chi connectivity index (χ1v) is 6.10. The van der Waals surface area contributed by atoms with Crippen molar-refractivity contribution in [2.75, 3.05) is 7.11 Å². The Bertz CT molecular complexity index is 543. The van der Waals surface area contributed by atoms with E-state index in [0.717, 1.165) is 17.0 Å². The summed E-state index contributed by atoms with van der Waals surface area (Å²) in [6.45, 7) is 1.91. The number of hydrogen-bond donors (Lipinski definition) is 0. The molecule has 0 atom stereocenters. The van der Waals surface area contributed by atoms with E-state index in [9.17, 15) is 0 Å². The first-order chi connectivity index (χ1) is 8.71. The smallest absolute Gasteiger partial charge is 0.219 e. The van der Waals surface area contributed by atoms with Gasteiger partial charge in [0.05, 0.1) is 7.11 Å². The van der Waals surface area contributed by atoms with Crippen molar-refractivity contribution in [2.45, 2.75) is 12.8 Å². The number of ether oxygens (including phenoxy) is 2. The second-order valence-electron chi connectivity index (χ2n) is 3.87. The molecule has 0 amide bonds. The molecule has 18 heavy (non-hydrogen) atoms. The van der Waals surface area contributed by atoms with E-state index in [1.165, 1.54) is 0 Å². The van der Waals surface area contributed by atoms with E-state index in [-0.39, 0.29) is 0 Å². The predicted octanol–water partition coefficient (Wildman–Crippen LogP) is 3.93. The molecule has 0 radical (unpaired) electrons. The maximum atomic E-state index is 5.82. The van der Waals surface area contributed by atoms with Crippen molar-refractivity contribution in [3.05, 3.63) is 47.7 Å². The normalized spacial score (nSPS) is 10.2. The highest BCUT2D eigenvalue weighted by atomic mass is 35.5. The van der Waals surface area contributed by atoms with Crippen LogP contribution in [0, 0.1) is 6.92 Å². The topological polar surface area (TPSA) is 31.4 Å². The van der Waals surface area contributed by atoms with Gasteiger partial charge in [0.25, 0.3) is 0 Å². The number of benzene rings is 1. The summed E-state index contributed by atoms with van der Waals surface area (Å²) in [5, 5.41) is 0. The molecular formula is C14H14ClNO2. The zero-order valence-corrected chi connectivity index (χ0v) is 11.1. The van der Waals surface area contributed by atoms with E-state index in [0.29, 0.717) is 17.5 Å². The molecule has 2 rings (SSSR count). The molecule has 0 aliphatic rings. The molecule has 0 unspecified atom stereocenters. The summed E-state index contributed by atoms with van der Waals surface area (Å²) >= 11 is 5.82. The first-order valence-electron chi connectivity index (χ1n) is 5.56. The quantitative estimate of drug-likeness (QED) is 0.783. The van der Waals surface area contributed by atoms with Gasteiger partial charge in [-0.1, -0.05) is 6.07 Å². The number of hydrogen-bond acceptors (Lipinski definition) is 3. The average molecular weight is 264 g/mol. The molecule has 0 bridgehead atoms. The summed E-state index contributed by atoms with van der Waals surface area (Å²) in [6.07, 6.45) is 0. The summed E-state index contributed by atoms with van der Waals surface area (Å²) < 4.78 is 10.8. The fourth-order valence-electron chi connectivity index (χ4n) is 1.62. The lowest BCUT2D eigenvalue weighted by Crippen LogP contribution is -1.93. The van der Waals surface area contributed by atoms with E-state index in [4.69, 9.17) is 21.1 Å². The lowest BCUT2D eigenvalue weighted by Gasteiger charge is -2.08. The first kappa shape index (κ1) is 12.7. The average Bonchev–Trinajstić information content (AvgIpc) is 2.38. The Kier molecular flexibility index (Phi) is 4.05. The number of halogens is 1. The minimum atomic E-state index is 0.442. The van der Waals surface area contributed by atoms with Crippen LogP contribution in [0.3, 0.4) is 0 Å². The van der Waals surface area contributed by atoms with Crippen LogP contribution in [0.1, 0.15) is 11.3 Å². The number of pyridine rings is 1. The van der Waals surface area contributed by atoms with Gasteiger partial charge in [0.1, 0.15) is 11.5 Å². The Labute approximate surface area is 111 Å². The van der Waals surface area contributed by atoms with Gasteiger partial charge in [0, 0.05) is 23.7 Å². The summed E-state index contributed by atoms with van der Waals surface area (Å²) in [4.78, 5) is 4.31. The number of aromatic nitrogens is 1. The highest BCUT2D eigenvalue weighted by Crippen LogP contribution is 2.25. The van der Waals surface area contributed by atoms with Crippen molar-refractivity contribution < 1.29 is 9.47 Å². The van der Waals surface area contributed by atoms with Gasteiger partial charge < -0.3 is 9.47 Å². The van der Waals surface area contributed by atoms with Gasteiger partial charge in [-0.2, -0.15) is 0 Å². The molecule has 2 aromatic rings. The van der Waals surface area contributed by atoms with Crippen molar-refractivity contribution in [1.29, 1.82) is 0 Å². The summed E-state index contributed by atoms with van der Waals surface area (Å²) in [7, 11) is 1.62. The second-order valence-corrected chi connectivity index (χ2v) is 4.14. The second kappa shape index (κ2) is 5.74. The Balaban J connectivity index is 2.24. The van der Waals surface area contributed by atoms with E-state index >= 15 is 0 Å². The van der Waals surface area contributed by atoms with Gasteiger partial charge in [-0.05, 0) is 30.7 Å². The molecule has 0 saturated heterocycles. The third-order valence-corrected chi connectivity index (χ3v) is 2.72. The van der Waals surface area contributed by atoms with E-state index < -0.39 is 0 Å². The largest absolute Gasteiger partial charge is 0.497 e. The Morgan fingerprint density at radius 1 is 1.17 bits per heavy atom. The summed E-state index contributed by atoms with van der Waals surface area (Å²) in [5.74, 6) is 2.42. The van der Waals surface area contributed by atoms with Crippen molar-refractivity contribution in [3.8, 4) is 17.4 Å². The van der Waals surface area contributed by atoms with E-state index in [1.807, 2.05) is 43.3 Å². The number of aryl methyl sites for hydroxylation is 1. The lowest BCUT2D eigenvalue weighted by molar-refractivity contribution is 0.407. The molecule has 1 aromatic heterocycles. The van der Waals surface area contributed by atoms with Gasteiger partial charge in [-0.25, -0.2) is 4.98 Å². The maximum absolute atomic E-state index is 5.82. The molecule has 0 spiro atoms. The molecule has 1 aromatic carbocycles. The Morgan fingerprint density at radius 2 is 1.94 bits per heavy atom. The molecular weight excluding hydrogens is 250 g/mol. The highest BCUT2D eigenvalue weighted by Gasteiger charge is 2.03. The standard InChI is InChI=1S/C14H14ClNO2/c1-10-6-11(9-15)7-14(16-10)18-13-5-3-4-12(8-13)17-2/h3-8H,9H2,1-2H3. The third kappa shape index (κ3) is 3.14. The van der Waals surface area contributed by atoms with Crippen LogP contribution in [0.5, 0.6) is 17.4 Å². The minimum Gasteiger partial charge on any atom is -0.497 e. The highest BCUT2D eigenvalue weighted by molar-refractivity contribution is 6.17. The van der Waals surface area contributed by atoms with Crippen LogP contribution < -0.4 is 9.47 Å². The SMILES string of the molecule is COc1cccc(Oc2cc(CCl)cc(C)n2)c1. The van der Waals surface area contributed by atoms with Crippen LogP contribution >= 0.6 is 11.6 Å². The number of alkyl halides is 1. The Morgan fingerprint density at radius 3 is 2.67 bits per heavy atom. The van der Waals surface area contributed by atoms with Gasteiger partial charge in [-0.3, -0.25) is 0 Å². The van der Waals surface area contributed by atoms with Crippen molar-refractivity contribution in [2.24, 2.45) is 0 Å². The Hall–Kier alpha value is -1.74. The third-order valence-electron chi connectivity index (χ3n) is 2.41. The summed E-state index contributed by atoms with van der Waals surface area (Å²) in [5.41, 5.74) is 1.87. The maximum Gasteiger partial charge on any atom is 0.219 e. The summed E-state index contributed by atoms with van der Waals surface area (Å²) in [6, 6.07) is 11.2. The van der Waals surface area contributed by atoms with Crippen LogP contribution in [0.25, 0.3) is 0 Å². The van der Waals surface area contributed by atoms with E-state index in [2.05, 4.69) is 4.98 Å². The molecule has 0 fully saturated rings. The van der Waals surface area contributed by atoms with Crippen LogP contribution in [-0.4, -0.2) is 12.1 Å². The van der Waals surface area contributed by atoms with Crippen molar-refractivity contribution in [3.63, 3.8) is 0 Å². The predicted molar refractivity (Wildman–Crippen MR) is 71.6 cm³/mol. The number of methoxy groups -OCH3 is 1. The minimum absolute atomic E-state index is 0.442. The molecule has 0 aliphatic heterocycles. The van der Waals surface area contributed by atoms with Gasteiger partial charge >= 0.3 is 0 Å². The van der Waals surface area contributed by atoms with E-state index in [1.54, 1.807) is 7.11 Å². The molecule has 4 heteroatoms. The molecule has 1 heterocycles. The fourth-order valence-corrected chi connectivity index (χ4v) is 1.78. The number of rotatable bonds is 4. The fraction of sp³-hybridized carbons (Fsp3) is 0.214. The van der Waals surface area contributed by atoms with Crippen LogP contribution in [0.4, 0.5) is 0 Å². The van der Waals surface area contributed by atoms with Gasteiger partial charge in [-0.15, -0.1) is 11.6 Å². The zero-order valence-electron chi connectivity index (χ0n) is 10.3. The molecule has 3 nitrogen and oxygen atoms in total. The van der Waals surface area contributed by atoms with Gasteiger partial charge in [0.15, 0.2) is 0 Å². The molecule has 0 N–H and O–H groups in total. The monoisotopic (exact) mass is 263 g/mol. The molecule has 0 aliphatic carbocycles. The van der Waals surface area contributed by atoms with Crippen molar-refractivity contribution >= 4 is 11.6 Å². The lowest BCUT2D eigenvalue weighted by atomic mass is 10.2. The number of nitrogens with zero attached hydrogens (tertiary/aromatic N) is 1. The van der Waals surface area contributed by atoms with Gasteiger partial charge in [0.2, 0.25) is 5.88 Å². The molecule has 0 saturated carbocycles.